The Morgan fingerprint density at radius 2 is 1.36 bits per heavy atom. The molecule has 7 heteroatoms. The van der Waals surface area contributed by atoms with Gasteiger partial charge in [0.15, 0.2) is 11.6 Å². The zero-order valence-corrected chi connectivity index (χ0v) is 16.2. The molecule has 1 nitrogen and oxygen atoms in total. The summed E-state index contributed by atoms with van der Waals surface area (Å²) in [6.07, 6.45) is 5.13. The van der Waals surface area contributed by atoms with Crippen LogP contribution in [0.5, 0.6) is 5.75 Å². The lowest BCUT2D eigenvalue weighted by molar-refractivity contribution is -0.276. The summed E-state index contributed by atoms with van der Waals surface area (Å²) in [5.74, 6) is -2.17. The van der Waals surface area contributed by atoms with Crippen molar-refractivity contribution in [3.63, 3.8) is 0 Å². The molecule has 0 spiro atoms. The highest BCUT2D eigenvalue weighted by molar-refractivity contribution is 6.25. The Kier molecular flexibility index (Phi) is 6.89. The lowest BCUT2D eigenvalue weighted by Gasteiger charge is -2.37. The minimum absolute atomic E-state index is 0.0318. The van der Waals surface area contributed by atoms with Crippen LogP contribution in [0.2, 0.25) is 0 Å². The molecule has 28 heavy (non-hydrogen) atoms. The molecule has 1 aromatic carbocycles. The molecule has 0 heterocycles. The predicted molar refractivity (Wildman–Crippen MR) is 98.2 cm³/mol. The number of allylic oxidation sites excluding steroid dienone is 1. The smallest absolute Gasteiger partial charge is 0.399 e. The van der Waals surface area contributed by atoms with Crippen LogP contribution in [-0.2, 0) is 0 Å². The Balaban J connectivity index is 1.58. The molecule has 0 aromatic heterocycles. The topological polar surface area (TPSA) is 9.23 Å². The van der Waals surface area contributed by atoms with Crippen LogP contribution in [-0.4, -0.2) is 6.36 Å². The summed E-state index contributed by atoms with van der Waals surface area (Å²) in [6, 6.07) is 1.97. The average molecular weight is 423 g/mol. The van der Waals surface area contributed by atoms with Gasteiger partial charge in [0.05, 0.1) is 0 Å². The van der Waals surface area contributed by atoms with Gasteiger partial charge in [0.25, 0.3) is 0 Å². The molecule has 2 aliphatic rings. The SMILES string of the molecule is Fc1cc(C2CCC(C3CCC(C=CCl)CC3)CC2)cc(F)c1OC(F)(F)F. The molecule has 0 radical (unpaired) electrons. The standard InChI is InChI=1S/C21H24ClF5O/c22-10-9-13-1-3-14(4-2-13)15-5-7-16(8-6-15)17-11-18(23)20(19(24)12-17)28-21(25,26)27/h9-16H,1-8H2. The summed E-state index contributed by atoms with van der Waals surface area (Å²) in [4.78, 5) is 0. The van der Waals surface area contributed by atoms with E-state index in [1.54, 1.807) is 5.54 Å². The maximum absolute atomic E-state index is 14.0. The number of hydrogen-bond donors (Lipinski definition) is 0. The van der Waals surface area contributed by atoms with Gasteiger partial charge in [0, 0.05) is 5.54 Å². The van der Waals surface area contributed by atoms with Crippen molar-refractivity contribution in [1.82, 2.24) is 0 Å². The molecule has 0 N–H and O–H groups in total. The number of halogens is 6. The molecule has 2 fully saturated rings. The van der Waals surface area contributed by atoms with Crippen LogP contribution in [0.25, 0.3) is 0 Å². The molecule has 0 aliphatic heterocycles. The number of ether oxygens (including phenoxy) is 1. The van der Waals surface area contributed by atoms with E-state index in [9.17, 15) is 22.0 Å². The number of alkyl halides is 3. The van der Waals surface area contributed by atoms with Crippen LogP contribution in [0.1, 0.15) is 62.8 Å². The minimum atomic E-state index is -5.13. The van der Waals surface area contributed by atoms with E-state index in [1.807, 2.05) is 0 Å². The highest BCUT2D eigenvalue weighted by atomic mass is 35.5. The summed E-state index contributed by atoms with van der Waals surface area (Å²) in [6.45, 7) is 0. The minimum Gasteiger partial charge on any atom is -0.399 e. The van der Waals surface area contributed by atoms with Gasteiger partial charge in [-0.25, -0.2) is 8.78 Å². The first-order valence-electron chi connectivity index (χ1n) is 9.78. The van der Waals surface area contributed by atoms with E-state index in [0.717, 1.165) is 50.7 Å². The zero-order chi connectivity index (χ0) is 20.3. The normalized spacial score (nSPS) is 29.2. The third kappa shape index (κ3) is 5.40. The number of benzene rings is 1. The second kappa shape index (κ2) is 9.02. The lowest BCUT2D eigenvalue weighted by Crippen LogP contribution is -2.25. The Hall–Kier alpha value is -1.30. The molecule has 0 saturated heterocycles. The van der Waals surface area contributed by atoms with Crippen molar-refractivity contribution in [2.75, 3.05) is 0 Å². The lowest BCUT2D eigenvalue weighted by atomic mass is 9.68. The molecule has 0 amide bonds. The van der Waals surface area contributed by atoms with E-state index in [1.165, 1.54) is 12.8 Å². The van der Waals surface area contributed by atoms with Crippen LogP contribution in [0.15, 0.2) is 23.7 Å². The van der Waals surface area contributed by atoms with Gasteiger partial charge in [0.2, 0.25) is 5.75 Å². The quantitative estimate of drug-likeness (QED) is 0.452. The molecule has 1 aromatic rings. The molecule has 2 aliphatic carbocycles. The maximum atomic E-state index is 14.0. The molecule has 156 valence electrons. The number of hydrogen-bond acceptors (Lipinski definition) is 1. The van der Waals surface area contributed by atoms with E-state index in [-0.39, 0.29) is 5.92 Å². The summed E-state index contributed by atoms with van der Waals surface area (Å²) >= 11 is 5.66. The summed E-state index contributed by atoms with van der Waals surface area (Å²) < 4.78 is 68.3. The predicted octanol–water partition coefficient (Wildman–Crippen LogP) is 7.70. The Morgan fingerprint density at radius 3 is 1.82 bits per heavy atom. The molecular formula is C21H24ClF5O. The summed E-state index contributed by atoms with van der Waals surface area (Å²) in [5.41, 5.74) is 2.01. The van der Waals surface area contributed by atoms with Gasteiger partial charge >= 0.3 is 6.36 Å². The van der Waals surface area contributed by atoms with E-state index in [0.29, 0.717) is 23.3 Å². The largest absolute Gasteiger partial charge is 0.573 e. The first-order chi connectivity index (χ1) is 13.3. The Bertz CT molecular complexity index is 664. The molecule has 0 unspecified atom stereocenters. The highest BCUT2D eigenvalue weighted by Gasteiger charge is 2.35. The fraction of sp³-hybridized carbons (Fsp3) is 0.619. The van der Waals surface area contributed by atoms with Crippen LogP contribution >= 0.6 is 11.6 Å². The van der Waals surface area contributed by atoms with E-state index >= 15 is 0 Å². The molecule has 0 bridgehead atoms. The Labute approximate surface area is 166 Å². The van der Waals surface area contributed by atoms with Crippen molar-refractivity contribution in [3.05, 3.63) is 40.9 Å². The van der Waals surface area contributed by atoms with Gasteiger partial charge < -0.3 is 4.74 Å². The third-order valence-corrected chi connectivity index (χ3v) is 6.46. The van der Waals surface area contributed by atoms with Gasteiger partial charge in [-0.15, -0.1) is 13.2 Å². The number of rotatable bonds is 4. The van der Waals surface area contributed by atoms with Crippen LogP contribution in [0, 0.1) is 29.4 Å². The van der Waals surface area contributed by atoms with Gasteiger partial charge in [-0.05, 0) is 92.7 Å². The van der Waals surface area contributed by atoms with E-state index in [2.05, 4.69) is 10.8 Å². The second-order valence-electron chi connectivity index (χ2n) is 7.97. The first-order valence-corrected chi connectivity index (χ1v) is 10.2. The fourth-order valence-corrected chi connectivity index (χ4v) is 5.07. The monoisotopic (exact) mass is 422 g/mol. The van der Waals surface area contributed by atoms with E-state index < -0.39 is 23.7 Å². The van der Waals surface area contributed by atoms with Crippen molar-refractivity contribution in [2.45, 2.75) is 63.6 Å². The van der Waals surface area contributed by atoms with Crippen molar-refractivity contribution < 1.29 is 26.7 Å². The van der Waals surface area contributed by atoms with Gasteiger partial charge in [-0.2, -0.15) is 0 Å². The highest BCUT2D eigenvalue weighted by Crippen LogP contribution is 2.45. The van der Waals surface area contributed by atoms with Gasteiger partial charge in [-0.1, -0.05) is 17.7 Å². The van der Waals surface area contributed by atoms with Crippen LogP contribution in [0.3, 0.4) is 0 Å². The second-order valence-corrected chi connectivity index (χ2v) is 8.22. The maximum Gasteiger partial charge on any atom is 0.573 e. The first kappa shape index (κ1) is 21.4. The van der Waals surface area contributed by atoms with Crippen molar-refractivity contribution >= 4 is 11.6 Å². The fourth-order valence-electron chi connectivity index (χ4n) is 4.86. The third-order valence-electron chi connectivity index (χ3n) is 6.31. The van der Waals surface area contributed by atoms with E-state index in [4.69, 9.17) is 11.6 Å². The molecular weight excluding hydrogens is 399 g/mol. The van der Waals surface area contributed by atoms with Crippen LogP contribution < -0.4 is 4.74 Å². The summed E-state index contributed by atoms with van der Waals surface area (Å²) in [5, 5.41) is 0. The average Bonchev–Trinajstić information content (AvgIpc) is 2.65. The van der Waals surface area contributed by atoms with Crippen LogP contribution in [0.4, 0.5) is 22.0 Å². The zero-order valence-electron chi connectivity index (χ0n) is 15.5. The van der Waals surface area contributed by atoms with Gasteiger partial charge in [-0.3, -0.25) is 0 Å². The van der Waals surface area contributed by atoms with Crippen molar-refractivity contribution in [3.8, 4) is 5.75 Å². The Morgan fingerprint density at radius 1 is 0.857 bits per heavy atom. The van der Waals surface area contributed by atoms with Crippen molar-refractivity contribution in [1.29, 1.82) is 0 Å². The molecule has 2 saturated carbocycles. The molecule has 0 atom stereocenters. The van der Waals surface area contributed by atoms with Gasteiger partial charge in [0.1, 0.15) is 0 Å². The van der Waals surface area contributed by atoms with Crippen molar-refractivity contribution in [2.24, 2.45) is 17.8 Å². The summed E-state index contributed by atoms with van der Waals surface area (Å²) in [7, 11) is 0. The molecule has 3 rings (SSSR count).